The molecule has 1 amide bonds. The van der Waals surface area contributed by atoms with E-state index in [0.29, 0.717) is 34.2 Å². The largest absolute Gasteiger partial charge is 0.493 e. The number of amides is 1. The highest BCUT2D eigenvalue weighted by atomic mass is 32.2. The highest BCUT2D eigenvalue weighted by Crippen LogP contribution is 2.27. The number of rotatable bonds is 9. The number of aryl methyl sites for hydroxylation is 1. The molecule has 0 fully saturated rings. The Kier molecular flexibility index (Phi) is 8.02. The van der Waals surface area contributed by atoms with Crippen molar-refractivity contribution in [2.45, 2.75) is 19.0 Å². The summed E-state index contributed by atoms with van der Waals surface area (Å²) in [5, 5.41) is 5.00. The van der Waals surface area contributed by atoms with Crippen molar-refractivity contribution < 1.29 is 14.3 Å². The highest BCUT2D eigenvalue weighted by Gasteiger charge is 2.16. The summed E-state index contributed by atoms with van der Waals surface area (Å²) in [5.41, 5.74) is 5.32. The number of nitrogens with one attached hydrogen (secondary N) is 1. The number of carbonyl (C=O) groups excluding carboxylic acids is 1. The predicted octanol–water partition coefficient (Wildman–Crippen LogP) is 4.34. The normalized spacial score (nSPS) is 11.1. The average molecular weight is 503 g/mol. The molecule has 0 aliphatic rings. The zero-order valence-corrected chi connectivity index (χ0v) is 21.0. The third-order valence-corrected chi connectivity index (χ3v) is 6.26. The maximum Gasteiger partial charge on any atom is 0.266 e. The van der Waals surface area contributed by atoms with Gasteiger partial charge in [0.25, 0.3) is 11.5 Å². The van der Waals surface area contributed by atoms with Crippen molar-refractivity contribution in [2.75, 3.05) is 19.5 Å². The first-order valence-corrected chi connectivity index (χ1v) is 12.3. The molecule has 0 spiro atoms. The monoisotopic (exact) mass is 502 g/mol. The van der Waals surface area contributed by atoms with Gasteiger partial charge in [-0.1, -0.05) is 42.1 Å². The van der Waals surface area contributed by atoms with E-state index in [2.05, 4.69) is 15.5 Å². The van der Waals surface area contributed by atoms with Crippen molar-refractivity contribution in [2.24, 2.45) is 5.10 Å². The molecule has 0 saturated heterocycles. The van der Waals surface area contributed by atoms with Gasteiger partial charge in [0, 0.05) is 0 Å². The van der Waals surface area contributed by atoms with Crippen molar-refractivity contribution in [3.63, 3.8) is 0 Å². The number of carbonyl (C=O) groups is 1. The van der Waals surface area contributed by atoms with Crippen LogP contribution < -0.4 is 20.5 Å². The van der Waals surface area contributed by atoms with Crippen molar-refractivity contribution in [3.8, 4) is 17.2 Å². The number of hydrazone groups is 1. The van der Waals surface area contributed by atoms with Crippen LogP contribution in [0.5, 0.6) is 11.5 Å². The van der Waals surface area contributed by atoms with E-state index in [-0.39, 0.29) is 17.2 Å². The number of aromatic nitrogens is 2. The molecule has 0 saturated carbocycles. The minimum atomic E-state index is -0.326. The number of thioether (sulfide) groups is 1. The lowest BCUT2D eigenvalue weighted by Crippen LogP contribution is -2.24. The summed E-state index contributed by atoms with van der Waals surface area (Å²) in [4.78, 5) is 30.6. The van der Waals surface area contributed by atoms with Gasteiger partial charge in [-0.15, -0.1) is 0 Å². The molecule has 0 aliphatic heterocycles. The van der Waals surface area contributed by atoms with E-state index in [1.165, 1.54) is 18.0 Å². The Hall–Kier alpha value is -4.11. The molecule has 0 bridgehead atoms. The number of nitrogens with zero attached hydrogens (tertiary/aromatic N) is 3. The smallest absolute Gasteiger partial charge is 0.266 e. The van der Waals surface area contributed by atoms with Gasteiger partial charge in [0.2, 0.25) is 0 Å². The minimum Gasteiger partial charge on any atom is -0.493 e. The summed E-state index contributed by atoms with van der Waals surface area (Å²) < 4.78 is 12.4. The predicted molar refractivity (Wildman–Crippen MR) is 143 cm³/mol. The second-order valence-electron chi connectivity index (χ2n) is 7.76. The van der Waals surface area contributed by atoms with E-state index in [4.69, 9.17) is 9.47 Å². The SMILES string of the molecule is CCOc1ccc(C=NNC(=O)CSc2nc3ccccc3c(=O)n2-c2ccccc2C)cc1OC. The van der Waals surface area contributed by atoms with Crippen molar-refractivity contribution >= 4 is 34.8 Å². The summed E-state index contributed by atoms with van der Waals surface area (Å²) in [7, 11) is 1.56. The van der Waals surface area contributed by atoms with Crippen LogP contribution in [0.3, 0.4) is 0 Å². The Morgan fingerprint density at radius 2 is 1.89 bits per heavy atom. The van der Waals surface area contributed by atoms with Crippen LogP contribution in [-0.2, 0) is 4.79 Å². The first kappa shape index (κ1) is 25.0. The first-order chi connectivity index (χ1) is 17.5. The minimum absolute atomic E-state index is 0.0284. The maximum absolute atomic E-state index is 13.4. The Balaban J connectivity index is 1.51. The van der Waals surface area contributed by atoms with Gasteiger partial charge in [-0.05, 0) is 61.4 Å². The second-order valence-corrected chi connectivity index (χ2v) is 8.71. The Bertz CT molecular complexity index is 1480. The van der Waals surface area contributed by atoms with Crippen LogP contribution >= 0.6 is 11.8 Å². The summed E-state index contributed by atoms with van der Waals surface area (Å²) in [6.07, 6.45) is 1.53. The van der Waals surface area contributed by atoms with E-state index < -0.39 is 0 Å². The Morgan fingerprint density at radius 3 is 2.67 bits per heavy atom. The molecule has 4 rings (SSSR count). The van der Waals surface area contributed by atoms with Gasteiger partial charge in [0.05, 0.1) is 42.3 Å². The van der Waals surface area contributed by atoms with Crippen molar-refractivity contribution in [1.29, 1.82) is 0 Å². The molecular weight excluding hydrogens is 476 g/mol. The average Bonchev–Trinajstić information content (AvgIpc) is 2.89. The lowest BCUT2D eigenvalue weighted by Gasteiger charge is -2.14. The fourth-order valence-electron chi connectivity index (χ4n) is 3.62. The van der Waals surface area contributed by atoms with E-state index >= 15 is 0 Å². The molecular formula is C27H26N4O4S. The molecule has 0 radical (unpaired) electrons. The van der Waals surface area contributed by atoms with Gasteiger partial charge in [0.15, 0.2) is 16.7 Å². The molecule has 0 atom stereocenters. The van der Waals surface area contributed by atoms with Crippen molar-refractivity contribution in [3.05, 3.63) is 88.2 Å². The van der Waals surface area contributed by atoms with E-state index in [9.17, 15) is 9.59 Å². The summed E-state index contributed by atoms with van der Waals surface area (Å²) in [6, 6.07) is 20.2. The van der Waals surface area contributed by atoms with Crippen LogP contribution in [0.15, 0.2) is 81.8 Å². The zero-order chi connectivity index (χ0) is 25.5. The van der Waals surface area contributed by atoms with Gasteiger partial charge in [-0.25, -0.2) is 10.4 Å². The number of ether oxygens (including phenoxy) is 2. The molecule has 3 aromatic carbocycles. The second kappa shape index (κ2) is 11.5. The summed E-state index contributed by atoms with van der Waals surface area (Å²) >= 11 is 1.18. The molecule has 1 aromatic heterocycles. The van der Waals surface area contributed by atoms with Crippen LogP contribution in [0.25, 0.3) is 16.6 Å². The fraction of sp³-hybridized carbons (Fsp3) is 0.185. The third-order valence-electron chi connectivity index (χ3n) is 5.32. The van der Waals surface area contributed by atoms with Gasteiger partial charge >= 0.3 is 0 Å². The first-order valence-electron chi connectivity index (χ1n) is 11.3. The number of methoxy groups -OCH3 is 1. The van der Waals surface area contributed by atoms with Crippen LogP contribution in [0.4, 0.5) is 0 Å². The molecule has 0 unspecified atom stereocenters. The molecule has 1 N–H and O–H groups in total. The molecule has 36 heavy (non-hydrogen) atoms. The van der Waals surface area contributed by atoms with Crippen LogP contribution in [0.2, 0.25) is 0 Å². The Morgan fingerprint density at radius 1 is 1.11 bits per heavy atom. The standard InChI is InChI=1S/C27H26N4O4S/c1-4-35-23-14-13-19(15-24(23)34-3)16-28-30-25(32)17-36-27-29-21-11-7-6-10-20(21)26(33)31(27)22-12-8-5-9-18(22)2/h5-16H,4,17H2,1-3H3,(H,30,32). The lowest BCUT2D eigenvalue weighted by molar-refractivity contribution is -0.118. The number of hydrogen-bond acceptors (Lipinski definition) is 7. The molecule has 184 valence electrons. The third kappa shape index (κ3) is 5.58. The number of para-hydroxylation sites is 2. The van der Waals surface area contributed by atoms with Gasteiger partial charge in [0.1, 0.15) is 0 Å². The van der Waals surface area contributed by atoms with Crippen LogP contribution in [0, 0.1) is 6.92 Å². The van der Waals surface area contributed by atoms with E-state index in [0.717, 1.165) is 16.8 Å². The van der Waals surface area contributed by atoms with Gasteiger partial charge in [-0.2, -0.15) is 5.10 Å². The van der Waals surface area contributed by atoms with Gasteiger partial charge < -0.3 is 9.47 Å². The lowest BCUT2D eigenvalue weighted by atomic mass is 10.2. The number of hydrogen-bond donors (Lipinski definition) is 1. The topological polar surface area (TPSA) is 94.8 Å². The molecule has 0 aliphatic carbocycles. The van der Waals surface area contributed by atoms with Crippen LogP contribution in [-0.4, -0.2) is 41.1 Å². The molecule has 9 heteroatoms. The zero-order valence-electron chi connectivity index (χ0n) is 20.2. The number of benzene rings is 3. The van der Waals surface area contributed by atoms with Crippen LogP contribution in [0.1, 0.15) is 18.1 Å². The quantitative estimate of drug-likeness (QED) is 0.158. The van der Waals surface area contributed by atoms with E-state index in [1.54, 1.807) is 35.9 Å². The number of fused-ring (bicyclic) bond motifs is 1. The highest BCUT2D eigenvalue weighted by molar-refractivity contribution is 7.99. The molecule has 1 heterocycles. The summed E-state index contributed by atoms with van der Waals surface area (Å²) in [6.45, 7) is 4.36. The Labute approximate surface area is 213 Å². The van der Waals surface area contributed by atoms with Crippen molar-refractivity contribution in [1.82, 2.24) is 15.0 Å². The molecule has 8 nitrogen and oxygen atoms in total. The fourth-order valence-corrected chi connectivity index (χ4v) is 4.41. The molecule has 4 aromatic rings. The summed E-state index contributed by atoms with van der Waals surface area (Å²) in [5.74, 6) is 0.924. The van der Waals surface area contributed by atoms with Gasteiger partial charge in [-0.3, -0.25) is 14.2 Å². The maximum atomic E-state index is 13.4. The van der Waals surface area contributed by atoms with E-state index in [1.807, 2.05) is 56.3 Å².